The Kier molecular flexibility index (Phi) is 6.55. The highest BCUT2D eigenvalue weighted by atomic mass is 32.2. The van der Waals surface area contributed by atoms with E-state index in [1.807, 2.05) is 6.92 Å². The Hall–Kier alpha value is -0.170. The Morgan fingerprint density at radius 1 is 1.28 bits per heavy atom. The van der Waals surface area contributed by atoms with Gasteiger partial charge in [-0.3, -0.25) is 0 Å². The van der Waals surface area contributed by atoms with Crippen LogP contribution in [0.5, 0.6) is 0 Å². The number of methoxy groups -OCH3 is 1. The van der Waals surface area contributed by atoms with Crippen LogP contribution in [-0.2, 0) is 14.8 Å². The van der Waals surface area contributed by atoms with Crippen LogP contribution in [-0.4, -0.2) is 50.8 Å². The topological polar surface area (TPSA) is 72.6 Å². The van der Waals surface area contributed by atoms with E-state index in [4.69, 9.17) is 10.5 Å². The lowest BCUT2D eigenvalue weighted by atomic mass is 9.92. The summed E-state index contributed by atoms with van der Waals surface area (Å²) in [6.07, 6.45) is 4.18. The zero-order valence-electron chi connectivity index (χ0n) is 11.5. The largest absolute Gasteiger partial charge is 0.385 e. The van der Waals surface area contributed by atoms with Gasteiger partial charge in [-0.15, -0.1) is 0 Å². The molecule has 1 aliphatic rings. The highest BCUT2D eigenvalue weighted by molar-refractivity contribution is 7.89. The first kappa shape index (κ1) is 15.9. The summed E-state index contributed by atoms with van der Waals surface area (Å²) in [5.41, 5.74) is 5.86. The normalized spacial score (nSPS) is 25.6. The van der Waals surface area contributed by atoms with Crippen molar-refractivity contribution in [1.29, 1.82) is 0 Å². The molecule has 1 saturated carbocycles. The molecule has 0 aromatic carbocycles. The Balaban J connectivity index is 2.58. The van der Waals surface area contributed by atoms with Crippen molar-refractivity contribution in [3.63, 3.8) is 0 Å². The van der Waals surface area contributed by atoms with E-state index in [2.05, 4.69) is 0 Å². The van der Waals surface area contributed by atoms with Gasteiger partial charge in [-0.1, -0.05) is 6.92 Å². The minimum atomic E-state index is -3.15. The van der Waals surface area contributed by atoms with E-state index in [1.54, 1.807) is 11.4 Å². The van der Waals surface area contributed by atoms with Gasteiger partial charge in [0.25, 0.3) is 0 Å². The molecule has 0 unspecified atom stereocenters. The van der Waals surface area contributed by atoms with Gasteiger partial charge in [0.05, 0.1) is 5.75 Å². The SMILES string of the molecule is CCN(C1CCC(N)CC1)S(=O)(=O)CCCOC. The van der Waals surface area contributed by atoms with Crippen molar-refractivity contribution < 1.29 is 13.2 Å². The van der Waals surface area contributed by atoms with Crippen molar-refractivity contribution in [3.05, 3.63) is 0 Å². The molecule has 0 aromatic rings. The summed E-state index contributed by atoms with van der Waals surface area (Å²) >= 11 is 0. The van der Waals surface area contributed by atoms with E-state index in [9.17, 15) is 8.42 Å². The zero-order chi connectivity index (χ0) is 13.6. The van der Waals surface area contributed by atoms with Crippen molar-refractivity contribution in [2.75, 3.05) is 26.0 Å². The lowest BCUT2D eigenvalue weighted by Gasteiger charge is -2.34. The molecule has 0 saturated heterocycles. The second-order valence-corrected chi connectivity index (χ2v) is 6.98. The third-order valence-corrected chi connectivity index (χ3v) is 5.64. The minimum absolute atomic E-state index is 0.141. The van der Waals surface area contributed by atoms with Gasteiger partial charge in [0.1, 0.15) is 0 Å². The number of nitrogens with two attached hydrogens (primary N) is 1. The second kappa shape index (κ2) is 7.43. The monoisotopic (exact) mass is 278 g/mol. The summed E-state index contributed by atoms with van der Waals surface area (Å²) in [7, 11) is -1.56. The van der Waals surface area contributed by atoms with Crippen LogP contribution in [0.4, 0.5) is 0 Å². The van der Waals surface area contributed by atoms with Gasteiger partial charge in [-0.2, -0.15) is 4.31 Å². The maximum atomic E-state index is 12.3. The summed E-state index contributed by atoms with van der Waals surface area (Å²) in [6.45, 7) is 2.95. The number of sulfonamides is 1. The third kappa shape index (κ3) is 4.50. The van der Waals surface area contributed by atoms with Crippen LogP contribution in [0.15, 0.2) is 0 Å². The smallest absolute Gasteiger partial charge is 0.214 e. The van der Waals surface area contributed by atoms with Crippen molar-refractivity contribution in [3.8, 4) is 0 Å². The predicted molar refractivity (Wildman–Crippen MR) is 72.9 cm³/mol. The lowest BCUT2D eigenvalue weighted by molar-refractivity contribution is 0.198. The minimum Gasteiger partial charge on any atom is -0.385 e. The number of hydrogen-bond acceptors (Lipinski definition) is 4. The summed E-state index contributed by atoms with van der Waals surface area (Å²) < 4.78 is 31.1. The average molecular weight is 278 g/mol. The summed E-state index contributed by atoms with van der Waals surface area (Å²) in [5.74, 6) is 0.178. The first-order valence-electron chi connectivity index (χ1n) is 6.75. The van der Waals surface area contributed by atoms with E-state index >= 15 is 0 Å². The third-order valence-electron chi connectivity index (χ3n) is 3.57. The maximum Gasteiger partial charge on any atom is 0.214 e. The molecule has 0 spiro atoms. The van der Waals surface area contributed by atoms with Crippen molar-refractivity contribution in [1.82, 2.24) is 4.31 Å². The van der Waals surface area contributed by atoms with Gasteiger partial charge >= 0.3 is 0 Å². The fraction of sp³-hybridized carbons (Fsp3) is 1.00. The van der Waals surface area contributed by atoms with E-state index in [1.165, 1.54) is 0 Å². The van der Waals surface area contributed by atoms with Gasteiger partial charge in [-0.05, 0) is 32.1 Å². The molecule has 1 fully saturated rings. The highest BCUT2D eigenvalue weighted by Gasteiger charge is 2.30. The molecule has 0 aromatic heterocycles. The van der Waals surface area contributed by atoms with Crippen LogP contribution in [0.25, 0.3) is 0 Å². The fourth-order valence-corrected chi connectivity index (χ4v) is 4.35. The molecule has 18 heavy (non-hydrogen) atoms. The van der Waals surface area contributed by atoms with Gasteiger partial charge in [0, 0.05) is 32.3 Å². The molecule has 1 aliphatic carbocycles. The Labute approximate surface area is 111 Å². The molecular formula is C12H26N2O3S. The molecule has 0 bridgehead atoms. The Morgan fingerprint density at radius 2 is 1.89 bits per heavy atom. The Morgan fingerprint density at radius 3 is 2.39 bits per heavy atom. The molecule has 0 heterocycles. The van der Waals surface area contributed by atoms with Crippen LogP contribution in [0, 0.1) is 0 Å². The lowest BCUT2D eigenvalue weighted by Crippen LogP contribution is -2.45. The van der Waals surface area contributed by atoms with Gasteiger partial charge in [0.15, 0.2) is 0 Å². The molecule has 0 atom stereocenters. The summed E-state index contributed by atoms with van der Waals surface area (Å²) in [5, 5.41) is 0. The molecule has 0 radical (unpaired) electrons. The van der Waals surface area contributed by atoms with Crippen LogP contribution < -0.4 is 5.73 Å². The molecular weight excluding hydrogens is 252 g/mol. The molecule has 0 amide bonds. The number of ether oxygens (including phenoxy) is 1. The van der Waals surface area contributed by atoms with Crippen molar-refractivity contribution in [2.24, 2.45) is 5.73 Å². The Bertz CT molecular complexity index is 324. The molecule has 1 rings (SSSR count). The number of nitrogens with zero attached hydrogens (tertiary/aromatic N) is 1. The van der Waals surface area contributed by atoms with Gasteiger partial charge < -0.3 is 10.5 Å². The van der Waals surface area contributed by atoms with Crippen molar-refractivity contribution in [2.45, 2.75) is 51.1 Å². The van der Waals surface area contributed by atoms with Gasteiger partial charge in [0.2, 0.25) is 10.0 Å². The maximum absolute atomic E-state index is 12.3. The second-order valence-electron chi connectivity index (χ2n) is 4.93. The van der Waals surface area contributed by atoms with Crippen LogP contribution in [0.2, 0.25) is 0 Å². The van der Waals surface area contributed by atoms with Crippen LogP contribution in [0.3, 0.4) is 0 Å². The van der Waals surface area contributed by atoms with Gasteiger partial charge in [-0.25, -0.2) is 8.42 Å². The van der Waals surface area contributed by atoms with E-state index in [0.717, 1.165) is 25.7 Å². The summed E-state index contributed by atoms with van der Waals surface area (Å²) in [6, 6.07) is 0.387. The highest BCUT2D eigenvalue weighted by Crippen LogP contribution is 2.24. The van der Waals surface area contributed by atoms with Crippen LogP contribution in [0.1, 0.15) is 39.0 Å². The van der Waals surface area contributed by atoms with Crippen molar-refractivity contribution >= 4 is 10.0 Å². The molecule has 6 heteroatoms. The standard InChI is InChI=1S/C12H26N2O3S/c1-3-14(12-7-5-11(13)6-8-12)18(15,16)10-4-9-17-2/h11-12H,3-10,13H2,1-2H3. The first-order chi connectivity index (χ1) is 8.51. The van der Waals surface area contributed by atoms with Crippen LogP contribution >= 0.6 is 0 Å². The molecule has 5 nitrogen and oxygen atoms in total. The molecule has 0 aliphatic heterocycles. The summed E-state index contributed by atoms with van der Waals surface area (Å²) in [4.78, 5) is 0. The number of hydrogen-bond donors (Lipinski definition) is 1. The predicted octanol–water partition coefficient (Wildman–Crippen LogP) is 0.945. The molecule has 108 valence electrons. The quantitative estimate of drug-likeness (QED) is 0.704. The number of rotatable bonds is 7. The zero-order valence-corrected chi connectivity index (χ0v) is 12.3. The van der Waals surface area contributed by atoms with E-state index in [-0.39, 0.29) is 17.8 Å². The average Bonchev–Trinajstić information content (AvgIpc) is 2.32. The van der Waals surface area contributed by atoms with E-state index < -0.39 is 10.0 Å². The fourth-order valence-electron chi connectivity index (χ4n) is 2.57. The van der Waals surface area contributed by atoms with E-state index in [0.29, 0.717) is 19.6 Å². The first-order valence-corrected chi connectivity index (χ1v) is 8.36. The molecule has 2 N–H and O–H groups in total.